The van der Waals surface area contributed by atoms with Gasteiger partial charge in [0.25, 0.3) is 0 Å². The number of H-pyrrole nitrogens is 1. The summed E-state index contributed by atoms with van der Waals surface area (Å²) in [5.74, 6) is 0.496. The van der Waals surface area contributed by atoms with Crippen LogP contribution in [0.2, 0.25) is 0 Å². The molecular weight excluding hydrogens is 297 g/mol. The fourth-order valence-corrected chi connectivity index (χ4v) is 2.54. The highest BCUT2D eigenvalue weighted by Crippen LogP contribution is 2.12. The van der Waals surface area contributed by atoms with E-state index in [4.69, 9.17) is 0 Å². The van der Waals surface area contributed by atoms with Crippen LogP contribution in [-0.4, -0.2) is 26.3 Å². The van der Waals surface area contributed by atoms with E-state index in [1.807, 2.05) is 11.5 Å². The van der Waals surface area contributed by atoms with Crippen molar-refractivity contribution in [1.29, 1.82) is 0 Å². The first-order valence-corrected chi connectivity index (χ1v) is 7.57. The molecule has 1 aromatic carbocycles. The Morgan fingerprint density at radius 2 is 2.26 bits per heavy atom. The highest BCUT2D eigenvalue weighted by Gasteiger charge is 2.06. The molecule has 120 valence electrons. The van der Waals surface area contributed by atoms with E-state index in [-0.39, 0.29) is 10.9 Å². The van der Waals surface area contributed by atoms with Crippen molar-refractivity contribution in [2.24, 2.45) is 0 Å². The maximum absolute atomic E-state index is 13.8. The average molecular weight is 315 g/mol. The van der Waals surface area contributed by atoms with Crippen molar-refractivity contribution < 1.29 is 4.39 Å². The quantitative estimate of drug-likeness (QED) is 0.678. The Morgan fingerprint density at radius 3 is 3.09 bits per heavy atom. The van der Waals surface area contributed by atoms with Gasteiger partial charge >= 0.3 is 0 Å². The number of fused-ring (bicyclic) bond motifs is 1. The maximum Gasteiger partial charge on any atom is 0.189 e. The standard InChI is InChI=1S/C16H18FN5O/c1-2-22-10-19-21-15(22)6-7-18-9-11-8-14(23)12-4-3-5-13(17)16(12)20-11/h3-5,8,10,18H,2,6-7,9H2,1H3,(H,20,23). The number of halogens is 1. The molecule has 23 heavy (non-hydrogen) atoms. The van der Waals surface area contributed by atoms with E-state index < -0.39 is 5.82 Å². The molecule has 0 spiro atoms. The lowest BCUT2D eigenvalue weighted by atomic mass is 10.2. The number of rotatable bonds is 6. The van der Waals surface area contributed by atoms with E-state index in [1.165, 1.54) is 18.2 Å². The van der Waals surface area contributed by atoms with Gasteiger partial charge in [-0.25, -0.2) is 4.39 Å². The number of hydrogen-bond acceptors (Lipinski definition) is 4. The Labute approximate surface area is 132 Å². The molecule has 0 radical (unpaired) electrons. The minimum Gasteiger partial charge on any atom is -0.355 e. The van der Waals surface area contributed by atoms with Crippen LogP contribution in [-0.2, 0) is 19.5 Å². The van der Waals surface area contributed by atoms with Crippen molar-refractivity contribution in [1.82, 2.24) is 25.1 Å². The van der Waals surface area contributed by atoms with Crippen LogP contribution in [0.5, 0.6) is 0 Å². The number of aryl methyl sites for hydroxylation is 1. The fourth-order valence-electron chi connectivity index (χ4n) is 2.54. The zero-order chi connectivity index (χ0) is 16.2. The van der Waals surface area contributed by atoms with Gasteiger partial charge in [-0.15, -0.1) is 10.2 Å². The summed E-state index contributed by atoms with van der Waals surface area (Å²) in [6.45, 7) is 4.02. The number of benzene rings is 1. The Kier molecular flexibility index (Phi) is 4.47. The van der Waals surface area contributed by atoms with Crippen LogP contribution in [0.1, 0.15) is 18.4 Å². The molecule has 7 heteroatoms. The van der Waals surface area contributed by atoms with Crippen molar-refractivity contribution in [3.05, 3.63) is 58.2 Å². The third kappa shape index (κ3) is 3.29. The van der Waals surface area contributed by atoms with Crippen molar-refractivity contribution >= 4 is 10.9 Å². The van der Waals surface area contributed by atoms with Gasteiger partial charge in [-0.1, -0.05) is 6.07 Å². The Balaban J connectivity index is 1.66. The lowest BCUT2D eigenvalue weighted by Crippen LogP contribution is -2.20. The van der Waals surface area contributed by atoms with Gasteiger partial charge in [0.15, 0.2) is 5.43 Å². The molecule has 2 heterocycles. The number of para-hydroxylation sites is 1. The highest BCUT2D eigenvalue weighted by molar-refractivity contribution is 5.78. The third-order valence-electron chi connectivity index (χ3n) is 3.75. The summed E-state index contributed by atoms with van der Waals surface area (Å²) in [7, 11) is 0. The molecule has 0 saturated heterocycles. The second-order valence-electron chi connectivity index (χ2n) is 5.28. The number of pyridine rings is 1. The molecule has 0 bridgehead atoms. The van der Waals surface area contributed by atoms with Crippen LogP contribution in [0, 0.1) is 5.82 Å². The molecule has 0 aliphatic rings. The van der Waals surface area contributed by atoms with Crippen LogP contribution in [0.3, 0.4) is 0 Å². The van der Waals surface area contributed by atoms with E-state index in [0.717, 1.165) is 18.8 Å². The summed E-state index contributed by atoms with van der Waals surface area (Å²) in [4.78, 5) is 15.0. The van der Waals surface area contributed by atoms with Crippen molar-refractivity contribution in [2.75, 3.05) is 6.54 Å². The third-order valence-corrected chi connectivity index (χ3v) is 3.75. The maximum atomic E-state index is 13.8. The zero-order valence-corrected chi connectivity index (χ0v) is 12.8. The predicted octanol–water partition coefficient (Wildman–Crippen LogP) is 1.61. The summed E-state index contributed by atoms with van der Waals surface area (Å²) in [5, 5.41) is 11.5. The van der Waals surface area contributed by atoms with Gasteiger partial charge in [-0.05, 0) is 19.1 Å². The molecule has 0 aliphatic heterocycles. The average Bonchev–Trinajstić information content (AvgIpc) is 3.00. The van der Waals surface area contributed by atoms with Gasteiger partial charge < -0.3 is 14.9 Å². The molecule has 6 nitrogen and oxygen atoms in total. The van der Waals surface area contributed by atoms with Gasteiger partial charge in [0.1, 0.15) is 18.0 Å². The Hall–Kier alpha value is -2.54. The minimum atomic E-state index is -0.419. The van der Waals surface area contributed by atoms with Gasteiger partial charge in [0, 0.05) is 43.2 Å². The Morgan fingerprint density at radius 1 is 1.39 bits per heavy atom. The van der Waals surface area contributed by atoms with Crippen molar-refractivity contribution in [3.63, 3.8) is 0 Å². The molecule has 3 rings (SSSR count). The number of nitrogens with zero attached hydrogens (tertiary/aromatic N) is 3. The highest BCUT2D eigenvalue weighted by atomic mass is 19.1. The van der Waals surface area contributed by atoms with Crippen molar-refractivity contribution in [3.8, 4) is 0 Å². The lowest BCUT2D eigenvalue weighted by molar-refractivity contribution is 0.623. The summed E-state index contributed by atoms with van der Waals surface area (Å²) in [6, 6.07) is 6.00. The smallest absolute Gasteiger partial charge is 0.189 e. The monoisotopic (exact) mass is 315 g/mol. The van der Waals surface area contributed by atoms with E-state index in [0.29, 0.717) is 24.2 Å². The summed E-state index contributed by atoms with van der Waals surface area (Å²) < 4.78 is 15.8. The van der Waals surface area contributed by atoms with Crippen LogP contribution >= 0.6 is 0 Å². The molecule has 0 saturated carbocycles. The van der Waals surface area contributed by atoms with Crippen LogP contribution < -0.4 is 10.7 Å². The minimum absolute atomic E-state index is 0.180. The van der Waals surface area contributed by atoms with E-state index in [1.54, 1.807) is 12.4 Å². The number of aromatic nitrogens is 4. The van der Waals surface area contributed by atoms with Crippen LogP contribution in [0.15, 0.2) is 35.4 Å². The van der Waals surface area contributed by atoms with Gasteiger partial charge in [-0.2, -0.15) is 0 Å². The number of nitrogens with one attached hydrogen (secondary N) is 2. The first-order valence-electron chi connectivity index (χ1n) is 7.57. The first-order chi connectivity index (χ1) is 11.2. The first kappa shape index (κ1) is 15.4. The summed E-state index contributed by atoms with van der Waals surface area (Å²) in [6.07, 6.45) is 2.44. The second kappa shape index (κ2) is 6.70. The molecule has 2 aromatic heterocycles. The van der Waals surface area contributed by atoms with Crippen LogP contribution in [0.25, 0.3) is 10.9 Å². The summed E-state index contributed by atoms with van der Waals surface area (Å²) >= 11 is 0. The van der Waals surface area contributed by atoms with E-state index >= 15 is 0 Å². The molecule has 0 aliphatic carbocycles. The van der Waals surface area contributed by atoms with E-state index in [9.17, 15) is 9.18 Å². The van der Waals surface area contributed by atoms with Gasteiger partial charge in [0.2, 0.25) is 0 Å². The predicted molar refractivity (Wildman–Crippen MR) is 85.6 cm³/mol. The molecular formula is C16H18FN5O. The SMILES string of the molecule is CCn1cnnc1CCNCc1cc(=O)c2cccc(F)c2[nH]1. The Bertz CT molecular complexity index is 870. The fraction of sp³-hybridized carbons (Fsp3) is 0.312. The molecule has 0 unspecified atom stereocenters. The number of hydrogen-bond donors (Lipinski definition) is 2. The molecule has 0 amide bonds. The topological polar surface area (TPSA) is 75.6 Å². The van der Waals surface area contributed by atoms with Gasteiger partial charge in [-0.3, -0.25) is 4.79 Å². The molecule has 2 N–H and O–H groups in total. The lowest BCUT2D eigenvalue weighted by Gasteiger charge is -2.07. The van der Waals surface area contributed by atoms with Crippen molar-refractivity contribution in [2.45, 2.75) is 26.4 Å². The zero-order valence-electron chi connectivity index (χ0n) is 12.8. The normalized spacial score (nSPS) is 11.2. The van der Waals surface area contributed by atoms with Crippen LogP contribution in [0.4, 0.5) is 4.39 Å². The molecule has 3 aromatic rings. The molecule has 0 fully saturated rings. The van der Waals surface area contributed by atoms with Gasteiger partial charge in [0.05, 0.1) is 5.52 Å². The number of aromatic amines is 1. The second-order valence-corrected chi connectivity index (χ2v) is 5.28. The van der Waals surface area contributed by atoms with E-state index in [2.05, 4.69) is 20.5 Å². The largest absolute Gasteiger partial charge is 0.355 e. The molecule has 0 atom stereocenters. The summed E-state index contributed by atoms with van der Waals surface area (Å²) in [5.41, 5.74) is 0.730.